The van der Waals surface area contributed by atoms with E-state index in [0.29, 0.717) is 12.1 Å². The number of hydrogen-bond acceptors (Lipinski definition) is 2. The van der Waals surface area contributed by atoms with Gasteiger partial charge >= 0.3 is 0 Å². The zero-order chi connectivity index (χ0) is 8.97. The molecule has 3 heteroatoms. The molecular formula is C9H17NO2. The van der Waals surface area contributed by atoms with E-state index in [-0.39, 0.29) is 5.91 Å². The quantitative estimate of drug-likeness (QED) is 0.675. The fourth-order valence-electron chi connectivity index (χ4n) is 1.78. The third-order valence-corrected chi connectivity index (χ3v) is 2.37. The fourth-order valence-corrected chi connectivity index (χ4v) is 1.78. The van der Waals surface area contributed by atoms with Gasteiger partial charge in [-0.2, -0.15) is 0 Å². The predicted octanol–water partition coefficient (Wildman–Crippen LogP) is 1.08. The van der Waals surface area contributed by atoms with Crippen molar-refractivity contribution in [1.29, 1.82) is 0 Å². The van der Waals surface area contributed by atoms with Crippen molar-refractivity contribution in [3.05, 3.63) is 0 Å². The Balaban J connectivity index is 2.30. The van der Waals surface area contributed by atoms with Crippen molar-refractivity contribution in [2.24, 2.45) is 0 Å². The largest absolute Gasteiger partial charge is 0.381 e. The Morgan fingerprint density at radius 3 is 2.83 bits per heavy atom. The Morgan fingerprint density at radius 1 is 1.50 bits per heavy atom. The molecule has 1 saturated carbocycles. The van der Waals surface area contributed by atoms with Gasteiger partial charge in [0.1, 0.15) is 0 Å². The molecule has 12 heavy (non-hydrogen) atoms. The number of ether oxygens (including phenoxy) is 1. The Bertz CT molecular complexity index is 159. The van der Waals surface area contributed by atoms with Gasteiger partial charge in [-0.1, -0.05) is 0 Å². The molecule has 1 amide bonds. The lowest BCUT2D eigenvalue weighted by molar-refractivity contribution is -0.120. The number of rotatable bonds is 2. The molecule has 0 bridgehead atoms. The van der Waals surface area contributed by atoms with Crippen molar-refractivity contribution < 1.29 is 9.53 Å². The highest BCUT2D eigenvalue weighted by molar-refractivity contribution is 5.73. The molecule has 0 aliphatic heterocycles. The number of carbonyl (C=O) groups is 1. The normalized spacial score (nSPS) is 29.8. The number of nitrogens with one attached hydrogen (secondary N) is 1. The summed E-state index contributed by atoms with van der Waals surface area (Å²) in [5, 5.41) is 2.93. The summed E-state index contributed by atoms with van der Waals surface area (Å²) in [4.78, 5) is 10.8. The minimum absolute atomic E-state index is 0.0664. The first-order valence-electron chi connectivity index (χ1n) is 4.52. The summed E-state index contributed by atoms with van der Waals surface area (Å²) in [5.41, 5.74) is 0. The molecule has 0 heterocycles. The molecule has 70 valence electrons. The van der Waals surface area contributed by atoms with Crippen LogP contribution >= 0.6 is 0 Å². The van der Waals surface area contributed by atoms with Gasteiger partial charge in [-0.05, 0) is 25.7 Å². The second kappa shape index (κ2) is 4.45. The molecule has 0 aromatic carbocycles. The maximum Gasteiger partial charge on any atom is 0.217 e. The predicted molar refractivity (Wildman–Crippen MR) is 46.9 cm³/mol. The molecule has 0 spiro atoms. The van der Waals surface area contributed by atoms with E-state index in [0.717, 1.165) is 25.7 Å². The number of methoxy groups -OCH3 is 1. The van der Waals surface area contributed by atoms with Crippen LogP contribution < -0.4 is 5.32 Å². The van der Waals surface area contributed by atoms with Gasteiger partial charge in [-0.15, -0.1) is 0 Å². The second-order valence-electron chi connectivity index (χ2n) is 3.42. The van der Waals surface area contributed by atoms with Crippen molar-refractivity contribution >= 4 is 5.91 Å². The molecule has 0 aromatic heterocycles. The molecule has 1 rings (SSSR count). The van der Waals surface area contributed by atoms with Crippen LogP contribution in [0.15, 0.2) is 0 Å². The maximum atomic E-state index is 10.8. The van der Waals surface area contributed by atoms with Crippen LogP contribution in [-0.4, -0.2) is 25.2 Å². The summed E-state index contributed by atoms with van der Waals surface area (Å²) in [6.45, 7) is 1.57. The van der Waals surface area contributed by atoms with Gasteiger partial charge < -0.3 is 10.1 Å². The Morgan fingerprint density at radius 2 is 2.25 bits per heavy atom. The molecule has 1 aliphatic carbocycles. The second-order valence-corrected chi connectivity index (χ2v) is 3.42. The van der Waals surface area contributed by atoms with Crippen LogP contribution in [0, 0.1) is 0 Å². The average Bonchev–Trinajstić information content (AvgIpc) is 2.03. The van der Waals surface area contributed by atoms with E-state index in [1.165, 1.54) is 0 Å². The first kappa shape index (κ1) is 9.52. The lowest BCUT2D eigenvalue weighted by Crippen LogP contribution is -2.39. The topological polar surface area (TPSA) is 38.3 Å². The molecule has 1 aliphatic rings. The van der Waals surface area contributed by atoms with E-state index in [4.69, 9.17) is 4.74 Å². The van der Waals surface area contributed by atoms with Crippen molar-refractivity contribution in [3.63, 3.8) is 0 Å². The van der Waals surface area contributed by atoms with Gasteiger partial charge in [0, 0.05) is 20.1 Å². The molecule has 2 unspecified atom stereocenters. The zero-order valence-electron chi connectivity index (χ0n) is 7.80. The monoisotopic (exact) mass is 171 g/mol. The summed E-state index contributed by atoms with van der Waals surface area (Å²) in [5.74, 6) is 0.0664. The van der Waals surface area contributed by atoms with E-state index >= 15 is 0 Å². The first-order valence-corrected chi connectivity index (χ1v) is 4.52. The van der Waals surface area contributed by atoms with E-state index in [1.54, 1.807) is 14.0 Å². The third kappa shape index (κ3) is 2.81. The average molecular weight is 171 g/mol. The van der Waals surface area contributed by atoms with Crippen LogP contribution in [-0.2, 0) is 9.53 Å². The standard InChI is InChI=1S/C9H17NO2/c1-7(11)10-8-4-3-5-9(6-8)12-2/h8-9H,3-6H2,1-2H3,(H,10,11). The molecule has 0 saturated heterocycles. The lowest BCUT2D eigenvalue weighted by atomic mass is 9.93. The van der Waals surface area contributed by atoms with E-state index < -0.39 is 0 Å². The van der Waals surface area contributed by atoms with Crippen LogP contribution in [0.25, 0.3) is 0 Å². The zero-order valence-corrected chi connectivity index (χ0v) is 7.80. The van der Waals surface area contributed by atoms with Crippen molar-refractivity contribution in [1.82, 2.24) is 5.32 Å². The van der Waals surface area contributed by atoms with E-state index in [2.05, 4.69) is 5.32 Å². The van der Waals surface area contributed by atoms with Gasteiger partial charge in [-0.3, -0.25) is 4.79 Å². The summed E-state index contributed by atoms with van der Waals surface area (Å²) in [6.07, 6.45) is 4.70. The molecule has 1 fully saturated rings. The smallest absolute Gasteiger partial charge is 0.217 e. The van der Waals surface area contributed by atoms with Gasteiger partial charge in [0.25, 0.3) is 0 Å². The van der Waals surface area contributed by atoms with Crippen LogP contribution in [0.2, 0.25) is 0 Å². The molecule has 0 aromatic rings. The number of carbonyl (C=O) groups excluding carboxylic acids is 1. The van der Waals surface area contributed by atoms with Crippen molar-refractivity contribution in [2.75, 3.05) is 7.11 Å². The SMILES string of the molecule is COC1CCCC(NC(C)=O)C1. The Labute approximate surface area is 73.5 Å². The van der Waals surface area contributed by atoms with Crippen LogP contribution in [0.3, 0.4) is 0 Å². The van der Waals surface area contributed by atoms with Crippen LogP contribution in [0.5, 0.6) is 0 Å². The van der Waals surface area contributed by atoms with Gasteiger partial charge in [-0.25, -0.2) is 0 Å². The van der Waals surface area contributed by atoms with Crippen LogP contribution in [0.4, 0.5) is 0 Å². The molecular weight excluding hydrogens is 154 g/mol. The number of amides is 1. The Hall–Kier alpha value is -0.570. The number of hydrogen-bond donors (Lipinski definition) is 1. The summed E-state index contributed by atoms with van der Waals surface area (Å²) in [7, 11) is 1.74. The lowest BCUT2D eigenvalue weighted by Gasteiger charge is -2.28. The van der Waals surface area contributed by atoms with E-state index in [1.807, 2.05) is 0 Å². The fraction of sp³-hybridized carbons (Fsp3) is 0.889. The minimum atomic E-state index is 0.0664. The molecule has 2 atom stereocenters. The van der Waals surface area contributed by atoms with Gasteiger partial charge in [0.15, 0.2) is 0 Å². The summed E-state index contributed by atoms with van der Waals surface area (Å²) >= 11 is 0. The van der Waals surface area contributed by atoms with E-state index in [9.17, 15) is 4.79 Å². The van der Waals surface area contributed by atoms with Crippen molar-refractivity contribution in [3.8, 4) is 0 Å². The maximum absolute atomic E-state index is 10.8. The summed E-state index contributed by atoms with van der Waals surface area (Å²) < 4.78 is 5.25. The van der Waals surface area contributed by atoms with Crippen LogP contribution in [0.1, 0.15) is 32.6 Å². The highest BCUT2D eigenvalue weighted by Gasteiger charge is 2.21. The van der Waals surface area contributed by atoms with Gasteiger partial charge in [0.2, 0.25) is 5.91 Å². The highest BCUT2D eigenvalue weighted by atomic mass is 16.5. The van der Waals surface area contributed by atoms with Crippen molar-refractivity contribution in [2.45, 2.75) is 44.8 Å². The highest BCUT2D eigenvalue weighted by Crippen LogP contribution is 2.20. The van der Waals surface area contributed by atoms with Gasteiger partial charge in [0.05, 0.1) is 6.10 Å². The molecule has 1 N–H and O–H groups in total. The third-order valence-electron chi connectivity index (χ3n) is 2.37. The summed E-state index contributed by atoms with van der Waals surface area (Å²) in [6, 6.07) is 0.334. The Kier molecular flexibility index (Phi) is 3.53. The first-order chi connectivity index (χ1) is 5.72. The molecule has 3 nitrogen and oxygen atoms in total. The molecule has 0 radical (unpaired) electrons. The minimum Gasteiger partial charge on any atom is -0.381 e.